The molecule has 0 bridgehead atoms. The Bertz CT molecular complexity index is 289. The average Bonchev–Trinajstić information content (AvgIpc) is 2.46. The minimum Gasteiger partial charge on any atom is -0.387 e. The van der Waals surface area contributed by atoms with Crippen molar-refractivity contribution in [1.29, 1.82) is 0 Å². The zero-order chi connectivity index (χ0) is 9.42. The van der Waals surface area contributed by atoms with E-state index in [-0.39, 0.29) is 0 Å². The van der Waals surface area contributed by atoms with Crippen molar-refractivity contribution in [3.8, 4) is 0 Å². The monoisotopic (exact) mass is 181 g/mol. The molecule has 1 N–H and O–H groups in total. The molecule has 13 heavy (non-hydrogen) atoms. The molecule has 1 aliphatic carbocycles. The van der Waals surface area contributed by atoms with E-state index in [0.717, 1.165) is 5.92 Å². The number of aliphatic hydroxyl groups is 1. The molecule has 0 aromatic carbocycles. The second-order valence-electron chi connectivity index (χ2n) is 4.03. The van der Waals surface area contributed by atoms with Crippen LogP contribution in [0.3, 0.4) is 0 Å². The lowest BCUT2D eigenvalue weighted by molar-refractivity contribution is 0.192. The maximum Gasteiger partial charge on any atom is 0.111 e. The Morgan fingerprint density at radius 2 is 2.31 bits per heavy atom. The van der Waals surface area contributed by atoms with Gasteiger partial charge in [-0.1, -0.05) is 12.1 Å². The number of nitrogens with zero attached hydrogens (tertiary/aromatic N) is 3. The van der Waals surface area contributed by atoms with Crippen molar-refractivity contribution in [3.05, 3.63) is 11.9 Å². The van der Waals surface area contributed by atoms with Gasteiger partial charge in [-0.05, 0) is 25.7 Å². The van der Waals surface area contributed by atoms with Gasteiger partial charge in [0.05, 0.1) is 18.3 Å². The van der Waals surface area contributed by atoms with Crippen LogP contribution >= 0.6 is 0 Å². The molecule has 0 saturated heterocycles. The maximum atomic E-state index is 9.25. The van der Waals surface area contributed by atoms with Gasteiger partial charge >= 0.3 is 0 Å². The van der Waals surface area contributed by atoms with Crippen molar-refractivity contribution < 1.29 is 5.11 Å². The highest BCUT2D eigenvalue weighted by Gasteiger charge is 2.27. The third-order valence-corrected chi connectivity index (χ3v) is 2.68. The molecule has 0 unspecified atom stereocenters. The summed E-state index contributed by atoms with van der Waals surface area (Å²) >= 11 is 0. The third kappa shape index (κ3) is 1.58. The minimum absolute atomic E-state index is 0.508. The van der Waals surface area contributed by atoms with Gasteiger partial charge in [-0.15, -0.1) is 5.10 Å². The molecule has 1 heterocycles. The summed E-state index contributed by atoms with van der Waals surface area (Å²) in [7, 11) is 0. The molecule has 4 heteroatoms. The van der Waals surface area contributed by atoms with E-state index in [2.05, 4.69) is 17.2 Å². The highest BCUT2D eigenvalue weighted by molar-refractivity contribution is 4.97. The number of aliphatic hydroxyl groups excluding tert-OH is 1. The second-order valence-corrected chi connectivity index (χ2v) is 4.03. The van der Waals surface area contributed by atoms with E-state index in [4.69, 9.17) is 0 Å². The lowest BCUT2D eigenvalue weighted by atomic mass is 9.82. The van der Waals surface area contributed by atoms with Crippen LogP contribution in [0.4, 0.5) is 0 Å². The van der Waals surface area contributed by atoms with Gasteiger partial charge in [0.2, 0.25) is 0 Å². The van der Waals surface area contributed by atoms with Crippen molar-refractivity contribution in [2.24, 2.45) is 5.92 Å². The van der Waals surface area contributed by atoms with Gasteiger partial charge in [-0.25, -0.2) is 4.68 Å². The first kappa shape index (κ1) is 8.69. The minimum atomic E-state index is -0.508. The van der Waals surface area contributed by atoms with Gasteiger partial charge in [0.1, 0.15) is 5.69 Å². The average molecular weight is 181 g/mol. The molecule has 0 spiro atoms. The van der Waals surface area contributed by atoms with Gasteiger partial charge in [0.25, 0.3) is 0 Å². The first-order chi connectivity index (χ1) is 6.16. The maximum absolute atomic E-state index is 9.25. The van der Waals surface area contributed by atoms with Gasteiger partial charge in [-0.2, -0.15) is 0 Å². The van der Waals surface area contributed by atoms with Crippen LogP contribution in [0.5, 0.6) is 0 Å². The molecule has 1 aromatic rings. The van der Waals surface area contributed by atoms with Crippen LogP contribution < -0.4 is 0 Å². The predicted molar refractivity (Wildman–Crippen MR) is 48.1 cm³/mol. The van der Waals surface area contributed by atoms with E-state index in [1.807, 2.05) is 10.9 Å². The standard InChI is InChI=1S/C9H15N3O/c1-6-3-8(4-6)12-5-9(7(2)13)10-11-12/h5-8,13H,3-4H2,1-2H3/t6-,7-,8+/m0/s1. The van der Waals surface area contributed by atoms with Crippen LogP contribution in [0.25, 0.3) is 0 Å². The molecule has 1 aromatic heterocycles. The molecule has 1 aliphatic rings. The number of hydrogen-bond acceptors (Lipinski definition) is 3. The molecule has 4 nitrogen and oxygen atoms in total. The van der Waals surface area contributed by atoms with Crippen molar-refractivity contribution in [1.82, 2.24) is 15.0 Å². The lowest BCUT2D eigenvalue weighted by Crippen LogP contribution is -2.25. The molecular formula is C9H15N3O. The highest BCUT2D eigenvalue weighted by atomic mass is 16.3. The molecule has 1 fully saturated rings. The largest absolute Gasteiger partial charge is 0.387 e. The molecule has 1 atom stereocenters. The van der Waals surface area contributed by atoms with E-state index in [1.54, 1.807) is 6.92 Å². The van der Waals surface area contributed by atoms with Crippen LogP contribution in [-0.2, 0) is 0 Å². The van der Waals surface area contributed by atoms with Crippen LogP contribution in [0.2, 0.25) is 0 Å². The lowest BCUT2D eigenvalue weighted by Gasteiger charge is -2.32. The number of aromatic nitrogens is 3. The Balaban J connectivity index is 2.06. The Morgan fingerprint density at radius 3 is 2.77 bits per heavy atom. The molecule has 0 radical (unpaired) electrons. The summed E-state index contributed by atoms with van der Waals surface area (Å²) in [5, 5.41) is 17.2. The predicted octanol–water partition coefficient (Wildman–Crippen LogP) is 1.30. The van der Waals surface area contributed by atoms with Crippen LogP contribution in [0.1, 0.15) is 44.5 Å². The summed E-state index contributed by atoms with van der Waals surface area (Å²) in [6, 6.07) is 0.509. The summed E-state index contributed by atoms with van der Waals surface area (Å²) in [4.78, 5) is 0. The fraction of sp³-hybridized carbons (Fsp3) is 0.778. The smallest absolute Gasteiger partial charge is 0.111 e. The first-order valence-corrected chi connectivity index (χ1v) is 4.76. The Hall–Kier alpha value is -0.900. The Labute approximate surface area is 77.6 Å². The Morgan fingerprint density at radius 1 is 1.62 bits per heavy atom. The van der Waals surface area contributed by atoms with Crippen molar-refractivity contribution in [2.75, 3.05) is 0 Å². The summed E-state index contributed by atoms with van der Waals surface area (Å²) in [6.45, 7) is 3.95. The fourth-order valence-corrected chi connectivity index (χ4v) is 1.74. The normalized spacial score (nSPS) is 29.8. The van der Waals surface area contributed by atoms with Gasteiger partial charge in [-0.3, -0.25) is 0 Å². The van der Waals surface area contributed by atoms with Crippen molar-refractivity contribution >= 4 is 0 Å². The van der Waals surface area contributed by atoms with Gasteiger partial charge in [0, 0.05) is 0 Å². The summed E-state index contributed by atoms with van der Waals surface area (Å²) in [6.07, 6.45) is 3.71. The number of hydrogen-bond donors (Lipinski definition) is 1. The number of rotatable bonds is 2. The third-order valence-electron chi connectivity index (χ3n) is 2.68. The molecular weight excluding hydrogens is 166 g/mol. The van der Waals surface area contributed by atoms with Crippen LogP contribution in [-0.4, -0.2) is 20.1 Å². The zero-order valence-corrected chi connectivity index (χ0v) is 8.01. The summed E-state index contributed by atoms with van der Waals surface area (Å²) in [5.41, 5.74) is 0.666. The molecule has 72 valence electrons. The van der Waals surface area contributed by atoms with Gasteiger partial charge < -0.3 is 5.11 Å². The highest BCUT2D eigenvalue weighted by Crippen LogP contribution is 2.36. The SMILES string of the molecule is C[C@H](O)c1cn([C@H]2C[C@@H](C)C2)nn1. The summed E-state index contributed by atoms with van der Waals surface area (Å²) in [5.74, 6) is 0.809. The molecule has 2 rings (SSSR count). The van der Waals surface area contributed by atoms with E-state index >= 15 is 0 Å². The quantitative estimate of drug-likeness (QED) is 0.748. The molecule has 0 amide bonds. The van der Waals surface area contributed by atoms with E-state index < -0.39 is 6.10 Å². The van der Waals surface area contributed by atoms with Crippen molar-refractivity contribution in [2.45, 2.75) is 38.8 Å². The van der Waals surface area contributed by atoms with E-state index in [0.29, 0.717) is 11.7 Å². The van der Waals surface area contributed by atoms with E-state index in [9.17, 15) is 5.11 Å². The van der Waals surface area contributed by atoms with Crippen molar-refractivity contribution in [3.63, 3.8) is 0 Å². The summed E-state index contributed by atoms with van der Waals surface area (Å²) < 4.78 is 1.88. The van der Waals surface area contributed by atoms with Crippen LogP contribution in [0, 0.1) is 5.92 Å². The Kier molecular flexibility index (Phi) is 2.07. The second kappa shape index (κ2) is 3.10. The fourth-order valence-electron chi connectivity index (χ4n) is 1.74. The topological polar surface area (TPSA) is 50.9 Å². The molecule has 1 saturated carbocycles. The van der Waals surface area contributed by atoms with Crippen LogP contribution in [0.15, 0.2) is 6.20 Å². The zero-order valence-electron chi connectivity index (χ0n) is 8.01. The van der Waals surface area contributed by atoms with E-state index in [1.165, 1.54) is 12.8 Å². The molecule has 0 aliphatic heterocycles. The first-order valence-electron chi connectivity index (χ1n) is 4.76. The van der Waals surface area contributed by atoms with Gasteiger partial charge in [0.15, 0.2) is 0 Å².